The Morgan fingerprint density at radius 1 is 0.970 bits per heavy atom. The Labute approximate surface area is 198 Å². The molecule has 2 aromatic rings. The van der Waals surface area contributed by atoms with Crippen LogP contribution in [0, 0.1) is 0 Å². The highest BCUT2D eigenvalue weighted by Crippen LogP contribution is 2.30. The number of anilines is 2. The number of hydrogen-bond acceptors (Lipinski definition) is 4. The molecule has 2 aliphatic heterocycles. The van der Waals surface area contributed by atoms with Crippen molar-refractivity contribution in [2.75, 3.05) is 43.1 Å². The smallest absolute Gasteiger partial charge is 0.293 e. The molecule has 33 heavy (non-hydrogen) atoms. The van der Waals surface area contributed by atoms with Gasteiger partial charge in [-0.2, -0.15) is 0 Å². The number of hydrogen-bond donors (Lipinski definition) is 0. The minimum Gasteiger partial charge on any atom is -0.486 e. The van der Waals surface area contributed by atoms with E-state index in [2.05, 4.69) is 81.8 Å². The number of para-hydroxylation sites is 1. The summed E-state index contributed by atoms with van der Waals surface area (Å²) in [4.78, 5) is 20.0. The monoisotopic (exact) mass is 447 g/mol. The number of carbonyl (C=O) groups is 1. The van der Waals surface area contributed by atoms with Crippen LogP contribution in [0.5, 0.6) is 0 Å². The van der Waals surface area contributed by atoms with Crippen LogP contribution in [0.1, 0.15) is 45.7 Å². The first-order chi connectivity index (χ1) is 15.6. The molecule has 1 amide bonds. The summed E-state index contributed by atoms with van der Waals surface area (Å²) in [6.07, 6.45) is 1.92. The van der Waals surface area contributed by atoms with Crippen LogP contribution in [-0.2, 0) is 14.9 Å². The van der Waals surface area contributed by atoms with Gasteiger partial charge in [-0.05, 0) is 56.1 Å². The summed E-state index contributed by atoms with van der Waals surface area (Å²) in [5.74, 6) is 0.323. The molecule has 0 N–H and O–H groups in total. The van der Waals surface area contributed by atoms with Crippen molar-refractivity contribution in [3.05, 3.63) is 65.4 Å². The molecule has 0 saturated carbocycles. The van der Waals surface area contributed by atoms with Gasteiger partial charge in [-0.25, -0.2) is 0 Å². The largest absolute Gasteiger partial charge is 0.486 e. The highest BCUT2D eigenvalue weighted by Gasteiger charge is 2.29. The summed E-state index contributed by atoms with van der Waals surface area (Å²) in [5.41, 5.74) is 4.43. The fraction of sp³-hybridized carbons (Fsp3) is 0.464. The lowest BCUT2D eigenvalue weighted by atomic mass is 9.87. The second-order valence-electron chi connectivity index (χ2n) is 10.4. The Morgan fingerprint density at radius 2 is 1.61 bits per heavy atom. The lowest BCUT2D eigenvalue weighted by molar-refractivity contribution is -0.120. The fourth-order valence-electron chi connectivity index (χ4n) is 4.67. The second-order valence-corrected chi connectivity index (χ2v) is 10.4. The number of piperazine rings is 1. The van der Waals surface area contributed by atoms with E-state index in [0.29, 0.717) is 31.0 Å². The third-order valence-corrected chi connectivity index (χ3v) is 7.00. The van der Waals surface area contributed by atoms with E-state index in [-0.39, 0.29) is 11.3 Å². The van der Waals surface area contributed by atoms with E-state index in [9.17, 15) is 4.79 Å². The quantitative estimate of drug-likeness (QED) is 0.626. The molecule has 2 heterocycles. The number of carbonyl (C=O) groups excluding carboxylic acids is 1. The first-order valence-corrected chi connectivity index (χ1v) is 12.0. The maximum Gasteiger partial charge on any atom is 0.293 e. The van der Waals surface area contributed by atoms with Gasteiger partial charge in [-0.1, -0.05) is 51.1 Å². The zero-order valence-electron chi connectivity index (χ0n) is 20.8. The molecule has 5 heteroatoms. The molecular formula is C28H37N3O2. The molecule has 0 aliphatic carbocycles. The van der Waals surface area contributed by atoms with E-state index >= 15 is 0 Å². The summed E-state index contributed by atoms with van der Waals surface area (Å²) < 4.78 is 5.87. The maximum absolute atomic E-state index is 13.4. The van der Waals surface area contributed by atoms with Crippen molar-refractivity contribution in [1.82, 2.24) is 4.90 Å². The molecule has 2 saturated heterocycles. The van der Waals surface area contributed by atoms with Crippen molar-refractivity contribution in [1.29, 1.82) is 0 Å². The SMILES string of the molecule is CC1CN(c2ccccc2/C=C2/OCCN(c3ccc(C(C)(C)C)cc3)C2=O)CC(C)N1C. The average molecular weight is 448 g/mol. The van der Waals surface area contributed by atoms with E-state index in [4.69, 9.17) is 4.74 Å². The number of nitrogens with zero attached hydrogens (tertiary/aromatic N) is 3. The Bertz CT molecular complexity index is 1010. The molecule has 0 radical (unpaired) electrons. The molecule has 0 spiro atoms. The van der Waals surface area contributed by atoms with Crippen molar-refractivity contribution >= 4 is 23.4 Å². The molecule has 0 aromatic heterocycles. The summed E-state index contributed by atoms with van der Waals surface area (Å²) >= 11 is 0. The van der Waals surface area contributed by atoms with E-state index in [1.807, 2.05) is 29.2 Å². The van der Waals surface area contributed by atoms with Gasteiger partial charge in [0.2, 0.25) is 0 Å². The second kappa shape index (κ2) is 9.22. The molecule has 5 nitrogen and oxygen atoms in total. The van der Waals surface area contributed by atoms with Crippen molar-refractivity contribution in [2.45, 2.75) is 52.1 Å². The van der Waals surface area contributed by atoms with Crippen LogP contribution in [-0.4, -0.2) is 56.2 Å². The molecule has 2 aromatic carbocycles. The van der Waals surface area contributed by atoms with Crippen LogP contribution < -0.4 is 9.80 Å². The molecule has 2 aliphatic rings. The third kappa shape index (κ3) is 4.93. The average Bonchev–Trinajstić information content (AvgIpc) is 2.78. The highest BCUT2D eigenvalue weighted by atomic mass is 16.5. The van der Waals surface area contributed by atoms with E-state index in [1.165, 1.54) is 5.56 Å². The normalized spacial score (nSPS) is 23.7. The molecule has 176 valence electrons. The van der Waals surface area contributed by atoms with Gasteiger partial charge in [0.05, 0.1) is 6.54 Å². The topological polar surface area (TPSA) is 36.0 Å². The fourth-order valence-corrected chi connectivity index (χ4v) is 4.67. The van der Waals surface area contributed by atoms with Crippen molar-refractivity contribution < 1.29 is 9.53 Å². The van der Waals surface area contributed by atoms with Crippen LogP contribution in [0.25, 0.3) is 6.08 Å². The van der Waals surface area contributed by atoms with E-state index in [0.717, 1.165) is 30.0 Å². The van der Waals surface area contributed by atoms with Gasteiger partial charge < -0.3 is 14.5 Å². The van der Waals surface area contributed by atoms with Crippen LogP contribution in [0.3, 0.4) is 0 Å². The first-order valence-electron chi connectivity index (χ1n) is 12.0. The zero-order chi connectivity index (χ0) is 23.8. The molecule has 4 rings (SSSR count). The van der Waals surface area contributed by atoms with Crippen molar-refractivity contribution in [3.63, 3.8) is 0 Å². The Balaban J connectivity index is 1.59. The van der Waals surface area contributed by atoms with Crippen LogP contribution >= 0.6 is 0 Å². The Morgan fingerprint density at radius 3 is 2.24 bits per heavy atom. The van der Waals surface area contributed by atoms with Gasteiger partial charge in [0.15, 0.2) is 5.76 Å². The number of amides is 1. The summed E-state index contributed by atoms with van der Waals surface area (Å²) in [5, 5.41) is 0. The predicted octanol–water partition coefficient (Wildman–Crippen LogP) is 4.92. The molecule has 2 fully saturated rings. The van der Waals surface area contributed by atoms with Gasteiger partial charge in [0.1, 0.15) is 6.61 Å². The number of morpholine rings is 1. The molecular weight excluding hydrogens is 410 g/mol. The van der Waals surface area contributed by atoms with Crippen molar-refractivity contribution in [2.24, 2.45) is 0 Å². The number of rotatable bonds is 3. The maximum atomic E-state index is 13.4. The lowest BCUT2D eigenvalue weighted by Gasteiger charge is -2.44. The van der Waals surface area contributed by atoms with Gasteiger partial charge in [-0.3, -0.25) is 9.69 Å². The first kappa shape index (κ1) is 23.4. The predicted molar refractivity (Wildman–Crippen MR) is 137 cm³/mol. The van der Waals surface area contributed by atoms with Gasteiger partial charge in [-0.15, -0.1) is 0 Å². The summed E-state index contributed by atoms with van der Waals surface area (Å²) in [6, 6.07) is 17.6. The van der Waals surface area contributed by atoms with Crippen LogP contribution in [0.2, 0.25) is 0 Å². The highest BCUT2D eigenvalue weighted by molar-refractivity contribution is 6.07. The van der Waals surface area contributed by atoms with Crippen molar-refractivity contribution in [3.8, 4) is 0 Å². The third-order valence-electron chi connectivity index (χ3n) is 7.00. The molecule has 2 atom stereocenters. The summed E-state index contributed by atoms with van der Waals surface area (Å²) in [7, 11) is 2.19. The minimum absolute atomic E-state index is 0.0836. The summed E-state index contributed by atoms with van der Waals surface area (Å²) in [6.45, 7) is 14.1. The van der Waals surface area contributed by atoms with Gasteiger partial charge in [0.25, 0.3) is 5.91 Å². The number of ether oxygens (including phenoxy) is 1. The van der Waals surface area contributed by atoms with Crippen LogP contribution in [0.4, 0.5) is 11.4 Å². The lowest BCUT2D eigenvalue weighted by Crippen LogP contribution is -2.55. The van der Waals surface area contributed by atoms with Gasteiger partial charge >= 0.3 is 0 Å². The van der Waals surface area contributed by atoms with E-state index in [1.54, 1.807) is 0 Å². The van der Waals surface area contributed by atoms with Crippen LogP contribution in [0.15, 0.2) is 54.3 Å². The van der Waals surface area contributed by atoms with Gasteiger partial charge in [0, 0.05) is 42.1 Å². The Kier molecular flexibility index (Phi) is 6.53. The standard InChI is InChI=1S/C28H37N3O2/c1-20-18-30(19-21(2)29(20)6)25-10-8-7-9-22(25)17-26-27(32)31(15-16-33-26)24-13-11-23(12-14-24)28(3,4)5/h7-14,17,20-21H,15-16,18-19H2,1-6H3/b26-17+. The van der Waals surface area contributed by atoms with E-state index < -0.39 is 0 Å². The number of benzene rings is 2. The molecule has 2 unspecified atom stereocenters. The number of likely N-dealkylation sites (N-methyl/N-ethyl adjacent to an activating group) is 1. The Hall–Kier alpha value is -2.79. The zero-order valence-corrected chi connectivity index (χ0v) is 20.8. The molecule has 0 bridgehead atoms. The minimum atomic E-state index is -0.0836.